The van der Waals surface area contributed by atoms with Crippen LogP contribution >= 0.6 is 34.7 Å². The van der Waals surface area contributed by atoms with E-state index in [4.69, 9.17) is 11.6 Å². The van der Waals surface area contributed by atoms with Crippen molar-refractivity contribution in [1.29, 1.82) is 0 Å². The van der Waals surface area contributed by atoms with Gasteiger partial charge in [-0.1, -0.05) is 66.7 Å². The van der Waals surface area contributed by atoms with Gasteiger partial charge in [0.25, 0.3) is 15.9 Å². The highest BCUT2D eigenvalue weighted by atomic mass is 35.5. The lowest BCUT2D eigenvalue weighted by Crippen LogP contribution is -2.17. The average molecular weight is 497 g/mol. The Morgan fingerprint density at radius 3 is 2.65 bits per heavy atom. The van der Waals surface area contributed by atoms with Crippen LogP contribution in [0.4, 0.5) is 10.8 Å². The third-order valence-corrected chi connectivity index (χ3v) is 8.29. The zero-order valence-electron chi connectivity index (χ0n) is 17.0. The molecule has 1 heterocycles. The number of hydrogen-bond donors (Lipinski definition) is 2. The normalized spacial score (nSPS) is 11.5. The summed E-state index contributed by atoms with van der Waals surface area (Å²) in [4.78, 5) is 12.5. The van der Waals surface area contributed by atoms with E-state index in [-0.39, 0.29) is 15.5 Å². The van der Waals surface area contributed by atoms with E-state index < -0.39 is 15.9 Å². The molecule has 0 aliphatic rings. The topological polar surface area (TPSA) is 101 Å². The molecule has 0 saturated heterocycles. The Bertz CT molecular complexity index is 1200. The molecule has 0 aliphatic heterocycles. The summed E-state index contributed by atoms with van der Waals surface area (Å²) >= 11 is 8.98. The van der Waals surface area contributed by atoms with Gasteiger partial charge in [-0.15, -0.1) is 10.2 Å². The van der Waals surface area contributed by atoms with Gasteiger partial charge in [0.2, 0.25) is 5.13 Å². The first-order chi connectivity index (χ1) is 14.7. The predicted molar refractivity (Wildman–Crippen MR) is 127 cm³/mol. The Morgan fingerprint density at radius 1 is 1.19 bits per heavy atom. The van der Waals surface area contributed by atoms with Gasteiger partial charge in [0.1, 0.15) is 4.90 Å². The SMILES string of the molecule is Cc1ccccc1NS(=O)(=O)c1cc(C(=O)Nc2nnc(SCC(C)C)s2)ccc1Cl. The second-order valence-corrected chi connectivity index (χ2v) is 11.4. The number of sulfonamides is 1. The molecule has 0 bridgehead atoms. The maximum atomic E-state index is 12.9. The van der Waals surface area contributed by atoms with Gasteiger partial charge in [-0.2, -0.15) is 0 Å². The van der Waals surface area contributed by atoms with E-state index >= 15 is 0 Å². The van der Waals surface area contributed by atoms with Crippen LogP contribution in [0.1, 0.15) is 29.8 Å². The second-order valence-electron chi connectivity index (χ2n) is 7.10. The molecule has 3 aromatic rings. The van der Waals surface area contributed by atoms with Crippen molar-refractivity contribution in [3.05, 3.63) is 58.6 Å². The van der Waals surface area contributed by atoms with Crippen molar-refractivity contribution in [3.63, 3.8) is 0 Å². The quantitative estimate of drug-likeness (QED) is 0.324. The maximum absolute atomic E-state index is 12.9. The Hall–Kier alpha value is -2.14. The molecule has 0 saturated carbocycles. The summed E-state index contributed by atoms with van der Waals surface area (Å²) in [5, 5.41) is 11.0. The zero-order valence-corrected chi connectivity index (χ0v) is 20.3. The number of nitrogens with one attached hydrogen (secondary N) is 2. The fourth-order valence-electron chi connectivity index (χ4n) is 2.46. The van der Waals surface area contributed by atoms with E-state index in [0.29, 0.717) is 16.7 Å². The van der Waals surface area contributed by atoms with Crippen LogP contribution in [0.25, 0.3) is 0 Å². The number of carbonyl (C=O) groups excluding carboxylic acids is 1. The highest BCUT2D eigenvalue weighted by Gasteiger charge is 2.21. The van der Waals surface area contributed by atoms with E-state index in [1.807, 2.05) is 6.07 Å². The fourth-order valence-corrected chi connectivity index (χ4v) is 5.84. The molecular formula is C20H21ClN4O3S3. The van der Waals surface area contributed by atoms with E-state index in [1.165, 1.54) is 29.5 Å². The number of anilines is 2. The molecule has 1 aromatic heterocycles. The third kappa shape index (κ3) is 6.19. The number of nitrogens with zero attached hydrogens (tertiary/aromatic N) is 2. The van der Waals surface area contributed by atoms with Crippen molar-refractivity contribution in [2.75, 3.05) is 15.8 Å². The predicted octanol–water partition coefficient (Wildman–Crippen LogP) is 5.30. The highest BCUT2D eigenvalue weighted by molar-refractivity contribution is 8.01. The number of amides is 1. The number of carbonyl (C=O) groups is 1. The van der Waals surface area contributed by atoms with Crippen molar-refractivity contribution in [2.24, 2.45) is 5.92 Å². The molecule has 0 unspecified atom stereocenters. The number of aromatic nitrogens is 2. The summed E-state index contributed by atoms with van der Waals surface area (Å²) in [6.07, 6.45) is 0. The summed E-state index contributed by atoms with van der Waals surface area (Å²) < 4.78 is 29.0. The molecule has 0 radical (unpaired) electrons. The molecule has 0 atom stereocenters. The molecule has 31 heavy (non-hydrogen) atoms. The Morgan fingerprint density at radius 2 is 1.94 bits per heavy atom. The first-order valence-corrected chi connectivity index (χ1v) is 13.0. The summed E-state index contributed by atoms with van der Waals surface area (Å²) in [5.74, 6) is 0.907. The first-order valence-electron chi connectivity index (χ1n) is 9.31. The third-order valence-electron chi connectivity index (χ3n) is 4.04. The van der Waals surface area contributed by atoms with Crippen LogP contribution in [-0.2, 0) is 10.0 Å². The van der Waals surface area contributed by atoms with Crippen molar-refractivity contribution >= 4 is 61.4 Å². The van der Waals surface area contributed by atoms with Crippen molar-refractivity contribution in [2.45, 2.75) is 30.0 Å². The summed E-state index contributed by atoms with van der Waals surface area (Å²) in [6, 6.07) is 11.1. The summed E-state index contributed by atoms with van der Waals surface area (Å²) in [7, 11) is -4.00. The van der Waals surface area contributed by atoms with Crippen molar-refractivity contribution in [3.8, 4) is 0 Å². The average Bonchev–Trinajstić information content (AvgIpc) is 3.15. The lowest BCUT2D eigenvalue weighted by molar-refractivity contribution is 0.102. The molecule has 11 heteroatoms. The lowest BCUT2D eigenvalue weighted by Gasteiger charge is -2.12. The molecule has 2 aromatic carbocycles. The van der Waals surface area contributed by atoms with Crippen LogP contribution in [0.2, 0.25) is 5.02 Å². The fraction of sp³-hybridized carbons (Fsp3) is 0.250. The number of halogens is 1. The number of aryl methyl sites for hydroxylation is 1. The number of benzene rings is 2. The molecule has 0 spiro atoms. The van der Waals surface area contributed by atoms with Gasteiger partial charge < -0.3 is 0 Å². The molecular weight excluding hydrogens is 476 g/mol. The minimum atomic E-state index is -4.00. The molecule has 0 aliphatic carbocycles. The second kappa shape index (κ2) is 9.99. The van der Waals surface area contributed by atoms with Gasteiger partial charge in [0.05, 0.1) is 10.7 Å². The minimum Gasteiger partial charge on any atom is -0.296 e. The van der Waals surface area contributed by atoms with Crippen LogP contribution in [0.3, 0.4) is 0 Å². The first kappa shape index (κ1) is 23.5. The van der Waals surface area contributed by atoms with Gasteiger partial charge in [0.15, 0.2) is 4.34 Å². The van der Waals surface area contributed by atoms with Gasteiger partial charge in [-0.05, 0) is 42.7 Å². The van der Waals surface area contributed by atoms with Crippen molar-refractivity contribution < 1.29 is 13.2 Å². The summed E-state index contributed by atoms with van der Waals surface area (Å²) in [5.41, 5.74) is 1.34. The standard InChI is InChI=1S/C20H21ClN4O3S3/c1-12(2)11-29-20-24-23-19(30-20)22-18(26)14-8-9-15(21)17(10-14)31(27,28)25-16-7-5-4-6-13(16)3/h4-10,12,25H,11H2,1-3H3,(H,22,23,26). The number of rotatable bonds is 8. The Balaban J connectivity index is 1.78. The smallest absolute Gasteiger partial charge is 0.263 e. The Kier molecular flexibility index (Phi) is 7.58. The largest absolute Gasteiger partial charge is 0.296 e. The summed E-state index contributed by atoms with van der Waals surface area (Å²) in [6.45, 7) is 6.01. The monoisotopic (exact) mass is 496 g/mol. The molecule has 3 rings (SSSR count). The molecule has 7 nitrogen and oxygen atoms in total. The van der Waals surface area contributed by atoms with Crippen LogP contribution in [0.5, 0.6) is 0 Å². The molecule has 164 valence electrons. The molecule has 2 N–H and O–H groups in total. The minimum absolute atomic E-state index is 0.0147. The Labute approximate surface area is 194 Å². The number of hydrogen-bond acceptors (Lipinski definition) is 7. The highest BCUT2D eigenvalue weighted by Crippen LogP contribution is 2.29. The van der Waals surface area contributed by atoms with E-state index in [2.05, 4.69) is 34.1 Å². The number of para-hydroxylation sites is 1. The van der Waals surface area contributed by atoms with Crippen LogP contribution in [-0.4, -0.2) is 30.3 Å². The van der Waals surface area contributed by atoms with E-state index in [0.717, 1.165) is 15.7 Å². The van der Waals surface area contributed by atoms with Gasteiger partial charge in [0, 0.05) is 11.3 Å². The van der Waals surface area contributed by atoms with Crippen LogP contribution in [0.15, 0.2) is 51.7 Å². The van der Waals surface area contributed by atoms with Gasteiger partial charge in [-0.3, -0.25) is 14.8 Å². The van der Waals surface area contributed by atoms with Crippen molar-refractivity contribution in [1.82, 2.24) is 10.2 Å². The molecule has 0 fully saturated rings. The van der Waals surface area contributed by atoms with Gasteiger partial charge >= 0.3 is 0 Å². The molecule has 1 amide bonds. The van der Waals surface area contributed by atoms with E-state index in [9.17, 15) is 13.2 Å². The van der Waals surface area contributed by atoms with Crippen LogP contribution in [0, 0.1) is 12.8 Å². The lowest BCUT2D eigenvalue weighted by atomic mass is 10.2. The van der Waals surface area contributed by atoms with Gasteiger partial charge in [-0.25, -0.2) is 8.42 Å². The number of thioether (sulfide) groups is 1. The zero-order chi connectivity index (χ0) is 22.6. The maximum Gasteiger partial charge on any atom is 0.263 e. The van der Waals surface area contributed by atoms with E-state index in [1.54, 1.807) is 36.9 Å². The van der Waals surface area contributed by atoms with Crippen LogP contribution < -0.4 is 10.0 Å².